The molecule has 2 unspecified atom stereocenters. The van der Waals surface area contributed by atoms with Gasteiger partial charge in [0, 0.05) is 19.4 Å². The van der Waals surface area contributed by atoms with E-state index in [0.29, 0.717) is 12.8 Å². The molecule has 0 aromatic heterocycles. The van der Waals surface area contributed by atoms with E-state index in [1.165, 1.54) is 0 Å². The second-order valence-corrected chi connectivity index (χ2v) is 12.9. The number of allylic oxidation sites excluding steroid dienone is 10. The maximum absolute atomic E-state index is 12.0. The van der Waals surface area contributed by atoms with Gasteiger partial charge < -0.3 is 20.1 Å². The summed E-state index contributed by atoms with van der Waals surface area (Å²) in [5, 5.41) is 12.6. The van der Waals surface area contributed by atoms with Crippen molar-refractivity contribution in [3.63, 3.8) is 0 Å². The van der Waals surface area contributed by atoms with E-state index in [9.17, 15) is 24.2 Å². The summed E-state index contributed by atoms with van der Waals surface area (Å²) in [5.41, 5.74) is 0. The number of esters is 1. The second-order valence-electron chi connectivity index (χ2n) is 11.5. The zero-order chi connectivity index (χ0) is 34.7. The van der Waals surface area contributed by atoms with Crippen LogP contribution in [0.5, 0.6) is 0 Å². The molecule has 0 heterocycles. The Hall–Kier alpha value is -2.29. The maximum atomic E-state index is 12.0. The lowest BCUT2D eigenvalue weighted by molar-refractivity contribution is -0.147. The second kappa shape index (κ2) is 33.6. The fraction of sp³-hybridized carbons (Fsp3) is 0.676. The number of unbranched alkanes of at least 4 members (excludes halogenated alkanes) is 9. The molecule has 10 heteroatoms. The first-order valence-corrected chi connectivity index (χ1v) is 19.3. The van der Waals surface area contributed by atoms with Crippen LogP contribution in [0.2, 0.25) is 0 Å². The van der Waals surface area contributed by atoms with Gasteiger partial charge >= 0.3 is 13.8 Å². The molecule has 1 amide bonds. The topological polar surface area (TPSA) is 131 Å². The first kappa shape index (κ1) is 44.7. The van der Waals surface area contributed by atoms with Crippen LogP contribution in [0.25, 0.3) is 0 Å². The van der Waals surface area contributed by atoms with E-state index in [0.717, 1.165) is 96.3 Å². The van der Waals surface area contributed by atoms with Crippen molar-refractivity contribution in [3.8, 4) is 0 Å². The predicted octanol–water partition coefficient (Wildman–Crippen LogP) is 8.98. The summed E-state index contributed by atoms with van der Waals surface area (Å²) < 4.78 is 26.6. The molecule has 3 N–H and O–H groups in total. The summed E-state index contributed by atoms with van der Waals surface area (Å²) in [6.07, 6.45) is 37.6. The van der Waals surface area contributed by atoms with Gasteiger partial charge in [0.15, 0.2) is 0 Å². The molecule has 47 heavy (non-hydrogen) atoms. The summed E-state index contributed by atoms with van der Waals surface area (Å²) in [5.74, 6) is -0.555. The summed E-state index contributed by atoms with van der Waals surface area (Å²) in [6.45, 7) is 3.29. The number of phosphoric acid groups is 1. The molecule has 0 aliphatic heterocycles. The molecular weight excluding hydrogens is 617 g/mol. The molecule has 2 atom stereocenters. The largest absolute Gasteiger partial charge is 0.472 e. The molecule has 0 fully saturated rings. The van der Waals surface area contributed by atoms with Crippen LogP contribution in [0, 0.1) is 0 Å². The average Bonchev–Trinajstić information content (AvgIpc) is 3.05. The highest BCUT2D eigenvalue weighted by Gasteiger charge is 2.23. The Morgan fingerprint density at radius 2 is 1.21 bits per heavy atom. The van der Waals surface area contributed by atoms with E-state index in [2.05, 4.69) is 79.9 Å². The minimum absolute atomic E-state index is 0.0756. The number of amides is 1. The predicted molar refractivity (Wildman–Crippen MR) is 192 cm³/mol. The summed E-state index contributed by atoms with van der Waals surface area (Å²) in [6, 6.07) is 0. The zero-order valence-electron chi connectivity index (χ0n) is 29.2. The third kappa shape index (κ3) is 34.9. The Labute approximate surface area is 285 Å². The number of phosphoric ester groups is 1. The lowest BCUT2D eigenvalue weighted by Crippen LogP contribution is -2.27. The lowest BCUT2D eigenvalue weighted by Gasteiger charge is -2.15. The van der Waals surface area contributed by atoms with Gasteiger partial charge in [-0.25, -0.2) is 4.57 Å². The normalized spacial score (nSPS) is 14.2. The summed E-state index contributed by atoms with van der Waals surface area (Å²) >= 11 is 0. The van der Waals surface area contributed by atoms with Gasteiger partial charge in [-0.2, -0.15) is 0 Å². The highest BCUT2D eigenvalue weighted by molar-refractivity contribution is 7.47. The highest BCUT2D eigenvalue weighted by atomic mass is 31.2. The van der Waals surface area contributed by atoms with Gasteiger partial charge in [0.1, 0.15) is 12.7 Å². The molecule has 0 rings (SSSR count). The van der Waals surface area contributed by atoms with Crippen molar-refractivity contribution >= 4 is 19.7 Å². The molecular formula is C37H64NO8P. The monoisotopic (exact) mass is 681 g/mol. The molecule has 0 saturated carbocycles. The van der Waals surface area contributed by atoms with Crippen LogP contribution in [-0.2, 0) is 27.9 Å². The molecule has 0 saturated heterocycles. The fourth-order valence-corrected chi connectivity index (χ4v) is 5.04. The highest BCUT2D eigenvalue weighted by Crippen LogP contribution is 2.42. The van der Waals surface area contributed by atoms with Gasteiger partial charge in [0.25, 0.3) is 0 Å². The molecule has 0 radical (unpaired) electrons. The van der Waals surface area contributed by atoms with E-state index >= 15 is 0 Å². The van der Waals surface area contributed by atoms with Crippen LogP contribution in [0.1, 0.15) is 129 Å². The van der Waals surface area contributed by atoms with Crippen molar-refractivity contribution in [2.45, 2.75) is 136 Å². The smallest absolute Gasteiger partial charge is 0.463 e. The number of carbonyl (C=O) groups is 2. The molecule has 0 aliphatic rings. The molecule has 0 bridgehead atoms. The molecule has 0 spiro atoms. The van der Waals surface area contributed by atoms with E-state index in [1.807, 2.05) is 0 Å². The molecule has 0 aromatic carbocycles. The summed E-state index contributed by atoms with van der Waals surface area (Å²) in [4.78, 5) is 33.4. The number of hydrogen-bond donors (Lipinski definition) is 3. The van der Waals surface area contributed by atoms with E-state index in [4.69, 9.17) is 13.8 Å². The van der Waals surface area contributed by atoms with Crippen LogP contribution in [0.3, 0.4) is 0 Å². The van der Waals surface area contributed by atoms with Crippen molar-refractivity contribution in [3.05, 3.63) is 60.8 Å². The number of rotatable bonds is 32. The number of aliphatic hydroxyl groups is 1. The third-order valence-corrected chi connectivity index (χ3v) is 7.95. The van der Waals surface area contributed by atoms with E-state index in [1.54, 1.807) is 0 Å². The van der Waals surface area contributed by atoms with Crippen LogP contribution in [0.15, 0.2) is 60.8 Å². The first-order valence-electron chi connectivity index (χ1n) is 17.8. The first-order chi connectivity index (χ1) is 22.8. The van der Waals surface area contributed by atoms with Crippen molar-refractivity contribution < 1.29 is 37.9 Å². The number of ether oxygens (including phenoxy) is 1. The van der Waals surface area contributed by atoms with Gasteiger partial charge in [-0.05, 0) is 57.8 Å². The van der Waals surface area contributed by atoms with Crippen molar-refractivity contribution in [2.24, 2.45) is 0 Å². The molecule has 0 aliphatic carbocycles. The van der Waals surface area contributed by atoms with Gasteiger partial charge in [-0.1, -0.05) is 120 Å². The number of nitrogens with one attached hydrogen (secondary N) is 1. The Morgan fingerprint density at radius 1 is 0.681 bits per heavy atom. The van der Waals surface area contributed by atoms with Crippen LogP contribution >= 0.6 is 7.82 Å². The number of carbonyl (C=O) groups excluding carboxylic acids is 2. The SMILES string of the molecule is CC/C=C\C/C=C\C/C=C\C/C=C\C/C=C\CCCCCCCC(=O)OCC(O)COP(=O)(O)OCCNC(=O)CCCCCCC. The Balaban J connectivity index is 3.68. The van der Waals surface area contributed by atoms with E-state index < -0.39 is 26.5 Å². The Morgan fingerprint density at radius 3 is 1.83 bits per heavy atom. The van der Waals surface area contributed by atoms with Crippen LogP contribution in [-0.4, -0.2) is 54.3 Å². The quantitative estimate of drug-likeness (QED) is 0.0278. The van der Waals surface area contributed by atoms with Gasteiger partial charge in [0.2, 0.25) is 5.91 Å². The lowest BCUT2D eigenvalue weighted by atomic mass is 10.1. The van der Waals surface area contributed by atoms with Crippen molar-refractivity contribution in [1.82, 2.24) is 5.32 Å². The fourth-order valence-electron chi connectivity index (χ4n) is 4.29. The number of hydrogen-bond acceptors (Lipinski definition) is 7. The van der Waals surface area contributed by atoms with Gasteiger partial charge in [-0.15, -0.1) is 0 Å². The van der Waals surface area contributed by atoms with Crippen LogP contribution < -0.4 is 5.32 Å². The standard InChI is InChI=1S/C37H64NO8P/c1-3-5-7-9-10-11-12-13-14-15-16-17-18-19-20-21-22-23-24-26-28-30-37(41)44-33-35(39)34-46-47(42,43)45-32-31-38-36(40)29-27-25-8-6-4-2/h5,7,10-11,13-14,16-17,19-20,35,39H,3-4,6,8-9,12,15,18,21-34H2,1-2H3,(H,38,40)(H,42,43)/b7-5-,11-10-,14-13-,17-16-,20-19-. The number of aliphatic hydroxyl groups excluding tert-OH is 1. The third-order valence-electron chi connectivity index (χ3n) is 6.96. The zero-order valence-corrected chi connectivity index (χ0v) is 30.1. The minimum atomic E-state index is -4.40. The van der Waals surface area contributed by atoms with Crippen LogP contribution in [0.4, 0.5) is 0 Å². The van der Waals surface area contributed by atoms with Gasteiger partial charge in [-0.3, -0.25) is 18.6 Å². The molecule has 9 nitrogen and oxygen atoms in total. The van der Waals surface area contributed by atoms with Gasteiger partial charge in [0.05, 0.1) is 13.2 Å². The maximum Gasteiger partial charge on any atom is 0.472 e. The average molecular weight is 682 g/mol. The summed E-state index contributed by atoms with van der Waals surface area (Å²) in [7, 11) is -4.40. The Bertz CT molecular complexity index is 960. The molecule has 0 aromatic rings. The van der Waals surface area contributed by atoms with E-state index in [-0.39, 0.29) is 32.1 Å². The minimum Gasteiger partial charge on any atom is -0.463 e. The Kier molecular flexibility index (Phi) is 32.0. The van der Waals surface area contributed by atoms with Crippen molar-refractivity contribution in [2.75, 3.05) is 26.4 Å². The van der Waals surface area contributed by atoms with Crippen molar-refractivity contribution in [1.29, 1.82) is 0 Å². The molecule has 270 valence electrons.